The summed E-state index contributed by atoms with van der Waals surface area (Å²) in [6.07, 6.45) is 0. The van der Waals surface area contributed by atoms with Crippen molar-refractivity contribution in [3.8, 4) is 11.5 Å². The van der Waals surface area contributed by atoms with Crippen LogP contribution in [0.4, 0.5) is 5.69 Å². The molecule has 0 aliphatic rings. The van der Waals surface area contributed by atoms with E-state index in [-0.39, 0.29) is 11.4 Å². The summed E-state index contributed by atoms with van der Waals surface area (Å²) in [7, 11) is 0. The summed E-state index contributed by atoms with van der Waals surface area (Å²) in [5, 5.41) is 12.0. The molecule has 20 heavy (non-hydrogen) atoms. The fourth-order valence-electron chi connectivity index (χ4n) is 1.55. The highest BCUT2D eigenvalue weighted by atomic mass is 79.9. The quantitative estimate of drug-likeness (QED) is 0.362. The fraction of sp³-hybridized carbons (Fsp3) is 0.0769. The number of ether oxygens (including phenoxy) is 1. The number of hydrogen-bond acceptors (Lipinski definition) is 3. The van der Waals surface area contributed by atoms with Gasteiger partial charge in [0.15, 0.2) is 0 Å². The largest absolute Gasteiger partial charge is 0.450 e. The van der Waals surface area contributed by atoms with Crippen LogP contribution in [0.5, 0.6) is 11.5 Å². The lowest BCUT2D eigenvalue weighted by Crippen LogP contribution is -1.93. The molecule has 104 valence electrons. The second kappa shape index (κ2) is 6.56. The minimum atomic E-state index is -0.506. The van der Waals surface area contributed by atoms with Gasteiger partial charge in [0.1, 0.15) is 5.75 Å². The third kappa shape index (κ3) is 3.50. The minimum Gasteiger partial charge on any atom is -0.450 e. The molecule has 7 heteroatoms. The summed E-state index contributed by atoms with van der Waals surface area (Å²) in [6.45, 7) is 0. The maximum atomic E-state index is 11.0. The zero-order valence-electron chi connectivity index (χ0n) is 9.98. The molecule has 0 atom stereocenters. The lowest BCUT2D eigenvalue weighted by atomic mass is 10.2. The topological polar surface area (TPSA) is 52.4 Å². The molecule has 0 saturated heterocycles. The van der Waals surface area contributed by atoms with Crippen molar-refractivity contribution in [3.05, 3.63) is 61.6 Å². The Morgan fingerprint density at radius 2 is 2.00 bits per heavy atom. The van der Waals surface area contributed by atoms with E-state index in [1.807, 2.05) is 6.07 Å². The van der Waals surface area contributed by atoms with Crippen LogP contribution in [0.1, 0.15) is 5.56 Å². The SMILES string of the molecule is O=[N+]([O-])c1ccc(Cl)cc1Oc1ccc(CBr)c(Br)c1. The molecule has 0 aliphatic carbocycles. The Morgan fingerprint density at radius 1 is 1.25 bits per heavy atom. The zero-order chi connectivity index (χ0) is 14.7. The summed E-state index contributed by atoms with van der Waals surface area (Å²) in [5.41, 5.74) is 0.924. The smallest absolute Gasteiger partial charge is 0.311 e. The van der Waals surface area contributed by atoms with Crippen LogP contribution < -0.4 is 4.74 Å². The van der Waals surface area contributed by atoms with Crippen molar-refractivity contribution >= 4 is 49.1 Å². The normalized spacial score (nSPS) is 10.3. The van der Waals surface area contributed by atoms with Crippen LogP contribution >= 0.6 is 43.5 Å². The van der Waals surface area contributed by atoms with Gasteiger partial charge in [-0.1, -0.05) is 49.5 Å². The van der Waals surface area contributed by atoms with E-state index < -0.39 is 4.92 Å². The Hall–Kier alpha value is -1.11. The second-order valence-corrected chi connectivity index (χ2v) is 5.71. The number of nitro groups is 1. The van der Waals surface area contributed by atoms with Crippen LogP contribution in [0.2, 0.25) is 5.02 Å². The molecule has 0 aliphatic heterocycles. The Balaban J connectivity index is 2.36. The summed E-state index contributed by atoms with van der Waals surface area (Å²) in [4.78, 5) is 10.5. The Kier molecular flexibility index (Phi) is 5.01. The van der Waals surface area contributed by atoms with Crippen molar-refractivity contribution in [2.75, 3.05) is 0 Å². The molecule has 2 aromatic carbocycles. The van der Waals surface area contributed by atoms with Gasteiger partial charge in [-0.3, -0.25) is 10.1 Å². The van der Waals surface area contributed by atoms with Crippen LogP contribution in [0.15, 0.2) is 40.9 Å². The maximum absolute atomic E-state index is 11.0. The van der Waals surface area contributed by atoms with Gasteiger partial charge in [-0.05, 0) is 23.8 Å². The second-order valence-electron chi connectivity index (χ2n) is 3.86. The first kappa shape index (κ1) is 15.3. The van der Waals surface area contributed by atoms with Crippen molar-refractivity contribution in [1.82, 2.24) is 0 Å². The third-order valence-electron chi connectivity index (χ3n) is 2.51. The summed E-state index contributed by atoms with van der Waals surface area (Å²) in [5.74, 6) is 0.605. The lowest BCUT2D eigenvalue weighted by Gasteiger charge is -2.08. The first-order valence-corrected chi connectivity index (χ1v) is 7.76. The molecule has 0 bridgehead atoms. The van der Waals surface area contributed by atoms with E-state index in [0.29, 0.717) is 16.1 Å². The number of halogens is 3. The number of rotatable bonds is 4. The monoisotopic (exact) mass is 419 g/mol. The van der Waals surface area contributed by atoms with Gasteiger partial charge >= 0.3 is 5.69 Å². The fourth-order valence-corrected chi connectivity index (χ4v) is 3.07. The maximum Gasteiger partial charge on any atom is 0.311 e. The van der Waals surface area contributed by atoms with Crippen molar-refractivity contribution in [2.24, 2.45) is 0 Å². The van der Waals surface area contributed by atoms with Crippen LogP contribution in [0, 0.1) is 10.1 Å². The molecule has 0 heterocycles. The van der Waals surface area contributed by atoms with Gasteiger partial charge in [-0.15, -0.1) is 0 Å². The molecule has 0 spiro atoms. The number of hydrogen-bond donors (Lipinski definition) is 0. The highest BCUT2D eigenvalue weighted by molar-refractivity contribution is 9.10. The Labute approximate surface area is 137 Å². The molecular formula is C13H8Br2ClNO3. The predicted octanol–water partition coefficient (Wildman–Crippen LogP) is 5.70. The molecule has 0 aromatic heterocycles. The number of benzene rings is 2. The van der Waals surface area contributed by atoms with E-state index in [0.717, 1.165) is 10.0 Å². The summed E-state index contributed by atoms with van der Waals surface area (Å²) < 4.78 is 6.42. The first-order chi connectivity index (χ1) is 9.51. The van der Waals surface area contributed by atoms with Gasteiger partial charge < -0.3 is 4.74 Å². The van der Waals surface area contributed by atoms with Crippen molar-refractivity contribution in [3.63, 3.8) is 0 Å². The number of nitrogens with zero attached hydrogens (tertiary/aromatic N) is 1. The minimum absolute atomic E-state index is 0.112. The van der Waals surface area contributed by atoms with Gasteiger partial charge in [0, 0.05) is 27.0 Å². The molecule has 0 amide bonds. The summed E-state index contributed by atoms with van der Waals surface area (Å²) in [6, 6.07) is 9.56. The van der Waals surface area contributed by atoms with Crippen molar-refractivity contribution in [2.45, 2.75) is 5.33 Å². The highest BCUT2D eigenvalue weighted by Crippen LogP contribution is 2.35. The van der Waals surface area contributed by atoms with E-state index in [1.165, 1.54) is 18.2 Å². The Bertz CT molecular complexity index is 664. The third-order valence-corrected chi connectivity index (χ3v) is 4.09. The molecule has 0 unspecified atom stereocenters. The van der Waals surface area contributed by atoms with Gasteiger partial charge in [0.25, 0.3) is 0 Å². The Morgan fingerprint density at radius 3 is 2.60 bits per heavy atom. The molecule has 2 rings (SSSR count). The van der Waals surface area contributed by atoms with E-state index in [9.17, 15) is 10.1 Å². The molecule has 4 nitrogen and oxygen atoms in total. The lowest BCUT2D eigenvalue weighted by molar-refractivity contribution is -0.385. The van der Waals surface area contributed by atoms with Crippen molar-refractivity contribution < 1.29 is 9.66 Å². The first-order valence-electron chi connectivity index (χ1n) is 5.47. The standard InChI is InChI=1S/C13H8Br2ClNO3/c14-7-8-1-3-10(6-11(8)15)20-13-5-9(16)2-4-12(13)17(18)19/h1-6H,7H2. The predicted molar refractivity (Wildman–Crippen MR) is 85.0 cm³/mol. The van der Waals surface area contributed by atoms with E-state index in [2.05, 4.69) is 31.9 Å². The van der Waals surface area contributed by atoms with Crippen molar-refractivity contribution in [1.29, 1.82) is 0 Å². The van der Waals surface area contributed by atoms with Gasteiger partial charge in [-0.25, -0.2) is 0 Å². The molecule has 0 saturated carbocycles. The molecular weight excluding hydrogens is 413 g/mol. The average Bonchev–Trinajstić information content (AvgIpc) is 2.38. The molecule has 2 aromatic rings. The van der Waals surface area contributed by atoms with E-state index in [4.69, 9.17) is 16.3 Å². The van der Waals surface area contributed by atoms with Crippen LogP contribution in [-0.2, 0) is 5.33 Å². The molecule has 0 radical (unpaired) electrons. The van der Waals surface area contributed by atoms with E-state index >= 15 is 0 Å². The molecule has 0 N–H and O–H groups in total. The van der Waals surface area contributed by atoms with Gasteiger partial charge in [0.05, 0.1) is 4.92 Å². The zero-order valence-corrected chi connectivity index (χ0v) is 13.9. The van der Waals surface area contributed by atoms with Crippen LogP contribution in [0.25, 0.3) is 0 Å². The van der Waals surface area contributed by atoms with Crippen LogP contribution in [0.3, 0.4) is 0 Å². The van der Waals surface area contributed by atoms with E-state index in [1.54, 1.807) is 12.1 Å². The van der Waals surface area contributed by atoms with Gasteiger partial charge in [0.2, 0.25) is 5.75 Å². The number of nitro benzene ring substituents is 1. The van der Waals surface area contributed by atoms with Crippen LogP contribution in [-0.4, -0.2) is 4.92 Å². The van der Waals surface area contributed by atoms with Gasteiger partial charge in [-0.2, -0.15) is 0 Å². The highest BCUT2D eigenvalue weighted by Gasteiger charge is 2.16. The summed E-state index contributed by atoms with van der Waals surface area (Å²) >= 11 is 12.6. The number of alkyl halides is 1. The average molecular weight is 421 g/mol. The molecule has 0 fully saturated rings.